The second-order valence-electron chi connectivity index (χ2n) is 5.78. The smallest absolute Gasteiger partial charge is 0.159 e. The van der Waals surface area contributed by atoms with Gasteiger partial charge in [-0.05, 0) is 37.5 Å². The van der Waals surface area contributed by atoms with Gasteiger partial charge in [0, 0.05) is 12.1 Å². The molecule has 3 aromatic rings. The maximum atomic E-state index is 6.31. The Balaban J connectivity index is 1.81. The molecule has 6 heteroatoms. The van der Waals surface area contributed by atoms with E-state index in [4.69, 9.17) is 17.3 Å². The summed E-state index contributed by atoms with van der Waals surface area (Å²) in [5.74, 6) is 1.70. The molecule has 0 amide bonds. The predicted molar refractivity (Wildman–Crippen MR) is 83.0 cm³/mol. The molecule has 4 rings (SSSR count). The van der Waals surface area contributed by atoms with Crippen LogP contribution in [0.5, 0.6) is 0 Å². The number of aromatic nitrogens is 4. The fourth-order valence-corrected chi connectivity index (χ4v) is 3.06. The monoisotopic (exact) mass is 301 g/mol. The van der Waals surface area contributed by atoms with Crippen molar-refractivity contribution in [3.05, 3.63) is 35.2 Å². The number of benzene rings is 1. The highest BCUT2D eigenvalue weighted by molar-refractivity contribution is 6.31. The Morgan fingerprint density at radius 1 is 1.38 bits per heavy atom. The first-order chi connectivity index (χ1) is 10.1. The maximum absolute atomic E-state index is 6.31. The summed E-state index contributed by atoms with van der Waals surface area (Å²) in [7, 11) is 1.99. The van der Waals surface area contributed by atoms with Crippen LogP contribution in [0, 0.1) is 0 Å². The third-order valence-corrected chi connectivity index (χ3v) is 4.61. The molecule has 108 valence electrons. The molecule has 0 saturated heterocycles. The second-order valence-corrected chi connectivity index (χ2v) is 6.22. The summed E-state index contributed by atoms with van der Waals surface area (Å²) in [6, 6.07) is 5.72. The second kappa shape index (κ2) is 4.32. The summed E-state index contributed by atoms with van der Waals surface area (Å²) in [5, 5.41) is 0.688. The Morgan fingerprint density at radius 3 is 2.90 bits per heavy atom. The van der Waals surface area contributed by atoms with Crippen LogP contribution in [0.2, 0.25) is 5.02 Å². The first-order valence-electron chi connectivity index (χ1n) is 7.03. The van der Waals surface area contributed by atoms with E-state index in [9.17, 15) is 0 Å². The van der Waals surface area contributed by atoms with Crippen LogP contribution in [0.4, 0.5) is 0 Å². The Bertz CT molecular complexity index is 828. The lowest BCUT2D eigenvalue weighted by Crippen LogP contribution is -2.44. The Labute approximate surface area is 127 Å². The summed E-state index contributed by atoms with van der Waals surface area (Å²) in [6.45, 7) is 0. The minimum absolute atomic E-state index is 0.286. The van der Waals surface area contributed by atoms with E-state index in [1.54, 1.807) is 0 Å². The number of hydrogen-bond donors (Lipinski definition) is 2. The Hall–Kier alpha value is -1.85. The number of nitrogens with zero attached hydrogens (tertiary/aromatic N) is 3. The van der Waals surface area contributed by atoms with Gasteiger partial charge in [-0.3, -0.25) is 0 Å². The number of fused-ring (bicyclic) bond motifs is 1. The van der Waals surface area contributed by atoms with Gasteiger partial charge in [0.2, 0.25) is 0 Å². The molecule has 2 heterocycles. The molecule has 21 heavy (non-hydrogen) atoms. The summed E-state index contributed by atoms with van der Waals surface area (Å²) < 4.78 is 2.03. The number of hydrogen-bond acceptors (Lipinski definition) is 3. The molecule has 1 saturated carbocycles. The highest BCUT2D eigenvalue weighted by atomic mass is 35.5. The average molecular weight is 302 g/mol. The molecule has 0 bridgehead atoms. The molecule has 1 aliphatic rings. The van der Waals surface area contributed by atoms with Gasteiger partial charge in [0.25, 0.3) is 0 Å². The van der Waals surface area contributed by atoms with Crippen LogP contribution in [-0.4, -0.2) is 19.5 Å². The van der Waals surface area contributed by atoms with E-state index in [2.05, 4.69) is 15.0 Å². The van der Waals surface area contributed by atoms with Crippen LogP contribution >= 0.6 is 11.6 Å². The predicted octanol–water partition coefficient (Wildman–Crippen LogP) is 2.95. The quantitative estimate of drug-likeness (QED) is 0.764. The molecule has 3 N–H and O–H groups in total. The maximum Gasteiger partial charge on any atom is 0.159 e. The molecule has 1 aromatic carbocycles. The van der Waals surface area contributed by atoms with E-state index in [0.29, 0.717) is 5.02 Å². The average Bonchev–Trinajstić information content (AvgIpc) is 3.01. The molecule has 1 aliphatic carbocycles. The fourth-order valence-electron chi connectivity index (χ4n) is 2.90. The molecule has 5 nitrogen and oxygen atoms in total. The fraction of sp³-hybridized carbons (Fsp3) is 0.333. The molecular weight excluding hydrogens is 286 g/mol. The number of H-pyrrole nitrogens is 1. The van der Waals surface area contributed by atoms with Crippen molar-refractivity contribution >= 4 is 22.6 Å². The minimum atomic E-state index is -0.286. The van der Waals surface area contributed by atoms with Crippen molar-refractivity contribution < 1.29 is 0 Å². The molecule has 0 aliphatic heterocycles. The van der Waals surface area contributed by atoms with Crippen LogP contribution in [0.25, 0.3) is 22.6 Å². The summed E-state index contributed by atoms with van der Waals surface area (Å²) >= 11 is 6.03. The number of halogens is 1. The topological polar surface area (TPSA) is 72.5 Å². The Morgan fingerprint density at radius 2 is 2.19 bits per heavy atom. The summed E-state index contributed by atoms with van der Waals surface area (Å²) in [4.78, 5) is 12.4. The SMILES string of the molecule is Cn1c(-c2cnc(C3(N)CCC3)[nH]2)nc2cc(Cl)ccc21. The number of rotatable bonds is 2. The highest BCUT2D eigenvalue weighted by Crippen LogP contribution is 2.37. The van der Waals surface area contributed by atoms with Crippen molar-refractivity contribution in [2.75, 3.05) is 0 Å². The van der Waals surface area contributed by atoms with Gasteiger partial charge in [-0.25, -0.2) is 9.97 Å². The van der Waals surface area contributed by atoms with Crippen LogP contribution in [0.1, 0.15) is 25.1 Å². The van der Waals surface area contributed by atoms with E-state index in [-0.39, 0.29) is 5.54 Å². The van der Waals surface area contributed by atoms with Gasteiger partial charge >= 0.3 is 0 Å². The van der Waals surface area contributed by atoms with Crippen molar-refractivity contribution in [1.82, 2.24) is 19.5 Å². The first kappa shape index (κ1) is 12.9. The van der Waals surface area contributed by atoms with Gasteiger partial charge in [0.05, 0.1) is 22.8 Å². The largest absolute Gasteiger partial charge is 0.338 e. The van der Waals surface area contributed by atoms with Crippen LogP contribution in [0.3, 0.4) is 0 Å². The van der Waals surface area contributed by atoms with Crippen molar-refractivity contribution in [1.29, 1.82) is 0 Å². The lowest BCUT2D eigenvalue weighted by molar-refractivity contribution is 0.240. The van der Waals surface area contributed by atoms with Gasteiger partial charge < -0.3 is 15.3 Å². The molecule has 0 radical (unpaired) electrons. The molecule has 2 aromatic heterocycles. The molecule has 0 atom stereocenters. The molecule has 1 fully saturated rings. The van der Waals surface area contributed by atoms with Gasteiger partial charge in [-0.1, -0.05) is 11.6 Å². The van der Waals surface area contributed by atoms with E-state index >= 15 is 0 Å². The molecule has 0 spiro atoms. The van der Waals surface area contributed by atoms with Gasteiger partial charge in [-0.15, -0.1) is 0 Å². The van der Waals surface area contributed by atoms with Crippen molar-refractivity contribution in [2.24, 2.45) is 12.8 Å². The van der Waals surface area contributed by atoms with Crippen molar-refractivity contribution in [3.63, 3.8) is 0 Å². The molecular formula is C15H16ClN5. The Kier molecular flexibility index (Phi) is 2.65. The van der Waals surface area contributed by atoms with Crippen molar-refractivity contribution in [2.45, 2.75) is 24.8 Å². The van der Waals surface area contributed by atoms with E-state index in [1.807, 2.05) is 36.0 Å². The number of aryl methyl sites for hydroxylation is 1. The third-order valence-electron chi connectivity index (χ3n) is 4.38. The lowest BCUT2D eigenvalue weighted by atomic mass is 9.77. The number of nitrogens with one attached hydrogen (secondary N) is 1. The van der Waals surface area contributed by atoms with Crippen LogP contribution in [0.15, 0.2) is 24.4 Å². The van der Waals surface area contributed by atoms with Gasteiger partial charge in [0.1, 0.15) is 11.5 Å². The summed E-state index contributed by atoms with van der Waals surface area (Å²) in [6.07, 6.45) is 4.94. The van der Waals surface area contributed by atoms with E-state index in [1.165, 1.54) is 0 Å². The van der Waals surface area contributed by atoms with Crippen molar-refractivity contribution in [3.8, 4) is 11.5 Å². The minimum Gasteiger partial charge on any atom is -0.338 e. The molecule has 0 unspecified atom stereocenters. The number of imidazole rings is 2. The zero-order chi connectivity index (χ0) is 14.6. The number of nitrogens with two attached hydrogens (primary N) is 1. The highest BCUT2D eigenvalue weighted by Gasteiger charge is 2.37. The van der Waals surface area contributed by atoms with E-state index in [0.717, 1.165) is 47.6 Å². The normalized spacial score (nSPS) is 17.1. The van der Waals surface area contributed by atoms with Gasteiger partial charge in [0.15, 0.2) is 5.82 Å². The first-order valence-corrected chi connectivity index (χ1v) is 7.41. The van der Waals surface area contributed by atoms with Crippen LogP contribution < -0.4 is 5.73 Å². The zero-order valence-corrected chi connectivity index (χ0v) is 12.5. The number of aromatic amines is 1. The van der Waals surface area contributed by atoms with E-state index < -0.39 is 0 Å². The van der Waals surface area contributed by atoms with Gasteiger partial charge in [-0.2, -0.15) is 0 Å². The lowest BCUT2D eigenvalue weighted by Gasteiger charge is -2.35. The summed E-state index contributed by atoms with van der Waals surface area (Å²) in [5.41, 5.74) is 8.83. The van der Waals surface area contributed by atoms with Crippen LogP contribution in [-0.2, 0) is 12.6 Å². The standard InChI is InChI=1S/C15H16ClN5/c1-21-12-4-3-9(16)7-10(12)19-13(21)11-8-18-14(20-11)15(17)5-2-6-15/h3-4,7-8H,2,5-6,17H2,1H3,(H,18,20). The zero-order valence-electron chi connectivity index (χ0n) is 11.7. The third kappa shape index (κ3) is 1.88.